The molecule has 0 unspecified atom stereocenters. The fraction of sp³-hybridized carbons (Fsp3) is 0.400. The zero-order valence-electron chi connectivity index (χ0n) is 11.2. The summed E-state index contributed by atoms with van der Waals surface area (Å²) < 4.78 is 0. The highest BCUT2D eigenvalue weighted by Crippen LogP contribution is 2.26. The largest absolute Gasteiger partial charge is 0.354 e. The number of halogens is 1. The standard InChI is InChI=1S/C15H19ClN2/c1-4-18(11(2)3)15-13(10-16)9-12-7-5-6-8-14(12)17-15/h5-9,11H,4,10H2,1-3H3. The van der Waals surface area contributed by atoms with Crippen molar-refractivity contribution < 1.29 is 0 Å². The van der Waals surface area contributed by atoms with Crippen LogP contribution < -0.4 is 4.90 Å². The maximum atomic E-state index is 6.07. The Kier molecular flexibility index (Phi) is 4.07. The number of benzene rings is 1. The summed E-state index contributed by atoms with van der Waals surface area (Å²) in [5, 5.41) is 1.15. The van der Waals surface area contributed by atoms with E-state index < -0.39 is 0 Å². The molecule has 0 aliphatic carbocycles. The molecule has 0 N–H and O–H groups in total. The second kappa shape index (κ2) is 5.57. The molecular formula is C15H19ClN2. The van der Waals surface area contributed by atoms with Gasteiger partial charge < -0.3 is 4.90 Å². The number of hydrogen-bond donors (Lipinski definition) is 0. The van der Waals surface area contributed by atoms with Crippen molar-refractivity contribution in [3.63, 3.8) is 0 Å². The molecule has 0 spiro atoms. The zero-order valence-corrected chi connectivity index (χ0v) is 11.9. The van der Waals surface area contributed by atoms with Crippen molar-refractivity contribution >= 4 is 28.3 Å². The Labute approximate surface area is 114 Å². The third-order valence-corrected chi connectivity index (χ3v) is 3.45. The second-order valence-corrected chi connectivity index (χ2v) is 4.94. The van der Waals surface area contributed by atoms with Gasteiger partial charge in [-0.25, -0.2) is 4.98 Å². The van der Waals surface area contributed by atoms with Crippen molar-refractivity contribution in [2.24, 2.45) is 0 Å². The van der Waals surface area contributed by atoms with Crippen molar-refractivity contribution in [2.45, 2.75) is 32.7 Å². The second-order valence-electron chi connectivity index (χ2n) is 4.68. The molecule has 0 bridgehead atoms. The van der Waals surface area contributed by atoms with Crippen molar-refractivity contribution in [1.82, 2.24) is 4.98 Å². The van der Waals surface area contributed by atoms with Gasteiger partial charge in [0, 0.05) is 23.5 Å². The lowest BCUT2D eigenvalue weighted by Gasteiger charge is -2.28. The van der Waals surface area contributed by atoms with Crippen LogP contribution in [-0.4, -0.2) is 17.6 Å². The number of anilines is 1. The van der Waals surface area contributed by atoms with E-state index in [2.05, 4.69) is 37.8 Å². The molecule has 18 heavy (non-hydrogen) atoms. The molecule has 1 aromatic heterocycles. The molecule has 96 valence electrons. The quantitative estimate of drug-likeness (QED) is 0.768. The summed E-state index contributed by atoms with van der Waals surface area (Å²) in [6, 6.07) is 10.7. The number of aromatic nitrogens is 1. The topological polar surface area (TPSA) is 16.1 Å². The molecule has 0 amide bonds. The lowest BCUT2D eigenvalue weighted by Crippen LogP contribution is -2.32. The van der Waals surface area contributed by atoms with Crippen LogP contribution >= 0.6 is 11.6 Å². The average molecular weight is 263 g/mol. The minimum absolute atomic E-state index is 0.422. The van der Waals surface area contributed by atoms with E-state index in [1.807, 2.05) is 18.2 Å². The summed E-state index contributed by atoms with van der Waals surface area (Å²) in [5.41, 5.74) is 2.13. The smallest absolute Gasteiger partial charge is 0.133 e. The Morgan fingerprint density at radius 2 is 2.00 bits per heavy atom. The van der Waals surface area contributed by atoms with Crippen LogP contribution in [0.3, 0.4) is 0 Å². The molecule has 2 rings (SSSR count). The van der Waals surface area contributed by atoms with Gasteiger partial charge >= 0.3 is 0 Å². The van der Waals surface area contributed by atoms with E-state index in [0.29, 0.717) is 11.9 Å². The van der Waals surface area contributed by atoms with E-state index in [4.69, 9.17) is 16.6 Å². The molecule has 3 heteroatoms. The highest BCUT2D eigenvalue weighted by molar-refractivity contribution is 6.17. The van der Waals surface area contributed by atoms with Crippen LogP contribution in [0.5, 0.6) is 0 Å². The van der Waals surface area contributed by atoms with Gasteiger partial charge in [-0.1, -0.05) is 18.2 Å². The first-order chi connectivity index (χ1) is 8.67. The number of alkyl halides is 1. The lowest BCUT2D eigenvalue weighted by molar-refractivity contribution is 0.692. The molecule has 2 aromatic rings. The van der Waals surface area contributed by atoms with Gasteiger partial charge in [-0.3, -0.25) is 0 Å². The highest BCUT2D eigenvalue weighted by atomic mass is 35.5. The number of rotatable bonds is 4. The van der Waals surface area contributed by atoms with Gasteiger partial charge in [-0.15, -0.1) is 11.6 Å². The third-order valence-electron chi connectivity index (χ3n) is 3.16. The molecule has 0 radical (unpaired) electrons. The van der Waals surface area contributed by atoms with Crippen molar-refractivity contribution in [1.29, 1.82) is 0 Å². The van der Waals surface area contributed by atoms with Crippen LogP contribution in [0.2, 0.25) is 0 Å². The molecule has 0 aliphatic rings. The summed E-state index contributed by atoms with van der Waals surface area (Å²) in [6.07, 6.45) is 0. The predicted octanol–water partition coefficient (Wildman–Crippen LogP) is 4.21. The molecule has 2 nitrogen and oxygen atoms in total. The number of fused-ring (bicyclic) bond motifs is 1. The van der Waals surface area contributed by atoms with Crippen LogP contribution in [0, 0.1) is 0 Å². The number of nitrogens with zero attached hydrogens (tertiary/aromatic N) is 2. The molecular weight excluding hydrogens is 244 g/mol. The van der Waals surface area contributed by atoms with Crippen LogP contribution in [0.4, 0.5) is 5.82 Å². The Balaban J connectivity index is 2.60. The van der Waals surface area contributed by atoms with E-state index in [9.17, 15) is 0 Å². The summed E-state index contributed by atoms with van der Waals surface area (Å²) in [5.74, 6) is 1.51. The van der Waals surface area contributed by atoms with Gasteiger partial charge in [0.25, 0.3) is 0 Å². The first kappa shape index (κ1) is 13.2. The summed E-state index contributed by atoms with van der Waals surface area (Å²) in [4.78, 5) is 7.06. The fourth-order valence-electron chi connectivity index (χ4n) is 2.26. The lowest BCUT2D eigenvalue weighted by atomic mass is 10.1. The number of pyridine rings is 1. The highest BCUT2D eigenvalue weighted by Gasteiger charge is 2.15. The van der Waals surface area contributed by atoms with Crippen molar-refractivity contribution in [3.05, 3.63) is 35.9 Å². The minimum Gasteiger partial charge on any atom is -0.354 e. The zero-order chi connectivity index (χ0) is 13.1. The molecule has 1 aromatic carbocycles. The first-order valence-corrected chi connectivity index (χ1v) is 6.92. The summed E-state index contributed by atoms with van der Waals surface area (Å²) in [7, 11) is 0. The van der Waals surface area contributed by atoms with Crippen LogP contribution in [-0.2, 0) is 5.88 Å². The average Bonchev–Trinajstić information content (AvgIpc) is 2.38. The van der Waals surface area contributed by atoms with Crippen LogP contribution in [0.25, 0.3) is 10.9 Å². The van der Waals surface area contributed by atoms with Gasteiger partial charge in [-0.05, 0) is 32.9 Å². The van der Waals surface area contributed by atoms with Gasteiger partial charge in [0.05, 0.1) is 11.4 Å². The van der Waals surface area contributed by atoms with Crippen molar-refractivity contribution in [2.75, 3.05) is 11.4 Å². The van der Waals surface area contributed by atoms with Crippen molar-refractivity contribution in [3.8, 4) is 0 Å². The molecule has 0 saturated carbocycles. The SMILES string of the molecule is CCN(c1nc2ccccc2cc1CCl)C(C)C. The molecule has 0 atom stereocenters. The van der Waals surface area contributed by atoms with Gasteiger partial charge in [-0.2, -0.15) is 0 Å². The van der Waals surface area contributed by atoms with E-state index >= 15 is 0 Å². The van der Waals surface area contributed by atoms with E-state index in [1.54, 1.807) is 0 Å². The van der Waals surface area contributed by atoms with E-state index in [-0.39, 0.29) is 0 Å². The molecule has 0 saturated heterocycles. The first-order valence-electron chi connectivity index (χ1n) is 6.38. The van der Waals surface area contributed by atoms with Crippen LogP contribution in [0.1, 0.15) is 26.3 Å². The van der Waals surface area contributed by atoms with Crippen LogP contribution in [0.15, 0.2) is 30.3 Å². The minimum atomic E-state index is 0.422. The van der Waals surface area contributed by atoms with Gasteiger partial charge in [0.15, 0.2) is 0 Å². The Morgan fingerprint density at radius 1 is 1.28 bits per heavy atom. The summed E-state index contributed by atoms with van der Waals surface area (Å²) in [6.45, 7) is 7.44. The molecule has 0 aliphatic heterocycles. The predicted molar refractivity (Wildman–Crippen MR) is 79.5 cm³/mol. The van der Waals surface area contributed by atoms with Gasteiger partial charge in [0.1, 0.15) is 5.82 Å². The van der Waals surface area contributed by atoms with Gasteiger partial charge in [0.2, 0.25) is 0 Å². The Bertz CT molecular complexity index is 537. The molecule has 0 fully saturated rings. The number of hydrogen-bond acceptors (Lipinski definition) is 2. The Morgan fingerprint density at radius 3 is 2.61 bits per heavy atom. The maximum Gasteiger partial charge on any atom is 0.133 e. The van der Waals surface area contributed by atoms with E-state index in [0.717, 1.165) is 28.8 Å². The Hall–Kier alpha value is -1.28. The third kappa shape index (κ3) is 2.44. The van der Waals surface area contributed by atoms with E-state index in [1.165, 1.54) is 0 Å². The fourth-order valence-corrected chi connectivity index (χ4v) is 2.45. The normalized spacial score (nSPS) is 11.2. The summed E-state index contributed by atoms with van der Waals surface area (Å²) >= 11 is 6.07. The molecule has 1 heterocycles. The maximum absolute atomic E-state index is 6.07. The monoisotopic (exact) mass is 262 g/mol. The number of para-hydroxylation sites is 1.